The normalized spacial score (nSPS) is 10.6. The second kappa shape index (κ2) is 7.83. The quantitative estimate of drug-likeness (QED) is 0.556. The van der Waals surface area contributed by atoms with E-state index in [0.29, 0.717) is 29.2 Å². The van der Waals surface area contributed by atoms with Gasteiger partial charge in [0.2, 0.25) is 11.8 Å². The van der Waals surface area contributed by atoms with Gasteiger partial charge >= 0.3 is 0 Å². The van der Waals surface area contributed by atoms with Gasteiger partial charge in [-0.1, -0.05) is 0 Å². The molecule has 0 saturated heterocycles. The molecule has 0 spiro atoms. The van der Waals surface area contributed by atoms with E-state index in [1.54, 1.807) is 39.6 Å². The van der Waals surface area contributed by atoms with Crippen LogP contribution >= 0.6 is 0 Å². The smallest absolute Gasteiger partial charge is 0.250 e. The summed E-state index contributed by atoms with van der Waals surface area (Å²) in [5.41, 5.74) is 0.615. The maximum atomic E-state index is 9.34. The average molecular weight is 364 g/mol. The second-order valence-corrected chi connectivity index (χ2v) is 5.01. The fourth-order valence-corrected chi connectivity index (χ4v) is 2.14. The first-order valence-electron chi connectivity index (χ1n) is 7.84. The molecular weight excluding hydrogens is 348 g/mol. The molecule has 12 nitrogen and oxygen atoms in total. The van der Waals surface area contributed by atoms with Gasteiger partial charge in [0.1, 0.15) is 11.6 Å². The van der Waals surface area contributed by atoms with Crippen LogP contribution in [-0.2, 0) is 0 Å². The highest BCUT2D eigenvalue weighted by Crippen LogP contribution is 2.33. The highest BCUT2D eigenvalue weighted by atomic mass is 15.4. The van der Waals surface area contributed by atoms with Crippen molar-refractivity contribution in [1.82, 2.24) is 29.7 Å². The lowest BCUT2D eigenvalue weighted by molar-refractivity contribution is 0.806. The number of rotatable bonds is 6. The monoisotopic (exact) mass is 364 g/mol. The van der Waals surface area contributed by atoms with Crippen molar-refractivity contribution in [3.05, 3.63) is 30.2 Å². The molecule has 136 valence electrons. The van der Waals surface area contributed by atoms with E-state index in [9.17, 15) is 5.26 Å². The lowest BCUT2D eigenvalue weighted by Crippen LogP contribution is -2.04. The van der Waals surface area contributed by atoms with Gasteiger partial charge in [0.25, 0.3) is 5.95 Å². The number of hydrogen-bond donors (Lipinski definition) is 3. The highest BCUT2D eigenvalue weighted by molar-refractivity contribution is 5.75. The van der Waals surface area contributed by atoms with Crippen LogP contribution in [0.1, 0.15) is 5.56 Å². The molecule has 27 heavy (non-hydrogen) atoms. The minimum atomic E-state index is 0.131. The molecule has 0 amide bonds. The van der Waals surface area contributed by atoms with Crippen LogP contribution < -0.4 is 16.0 Å². The number of nitrogens with one attached hydrogen (secondary N) is 3. The van der Waals surface area contributed by atoms with Crippen molar-refractivity contribution < 1.29 is 0 Å². The van der Waals surface area contributed by atoms with Crippen molar-refractivity contribution in [1.29, 1.82) is 5.26 Å². The first kappa shape index (κ1) is 17.7. The standard InChI is InChI=1S/C15H16N12/c1-17-12-10(13(18-2)23-14(19-3)22-12)24-25-11-9(7-16)8-27(26-11)15-20-5-4-6-21-15/h4-6,8H,1-3H3,(H3,17,18,19,22,23). The van der Waals surface area contributed by atoms with E-state index in [-0.39, 0.29) is 11.4 Å². The third kappa shape index (κ3) is 3.61. The van der Waals surface area contributed by atoms with Crippen molar-refractivity contribution >= 4 is 29.1 Å². The summed E-state index contributed by atoms with van der Waals surface area (Å²) in [5.74, 6) is 1.81. The first-order valence-corrected chi connectivity index (χ1v) is 7.84. The number of hydrogen-bond acceptors (Lipinski definition) is 11. The Hall–Kier alpha value is -4.14. The summed E-state index contributed by atoms with van der Waals surface area (Å²) >= 11 is 0. The van der Waals surface area contributed by atoms with Crippen molar-refractivity contribution in [2.24, 2.45) is 10.2 Å². The largest absolute Gasteiger partial charge is 0.371 e. The Kier molecular flexibility index (Phi) is 5.12. The Balaban J connectivity index is 2.02. The second-order valence-electron chi connectivity index (χ2n) is 5.01. The molecule has 0 aliphatic heterocycles. The van der Waals surface area contributed by atoms with E-state index in [2.05, 4.69) is 51.2 Å². The molecule has 0 unspecified atom stereocenters. The fraction of sp³-hybridized carbons (Fsp3) is 0.200. The van der Waals surface area contributed by atoms with Gasteiger partial charge in [-0.05, 0) is 6.07 Å². The van der Waals surface area contributed by atoms with E-state index in [1.807, 2.05) is 6.07 Å². The Bertz CT molecular complexity index is 976. The van der Waals surface area contributed by atoms with Gasteiger partial charge in [0.15, 0.2) is 17.3 Å². The van der Waals surface area contributed by atoms with Crippen LogP contribution in [0.3, 0.4) is 0 Å². The van der Waals surface area contributed by atoms with Crippen molar-refractivity contribution in [2.45, 2.75) is 0 Å². The summed E-state index contributed by atoms with van der Waals surface area (Å²) in [4.78, 5) is 16.8. The molecule has 0 aliphatic rings. The van der Waals surface area contributed by atoms with Crippen LogP contribution in [0.15, 0.2) is 34.9 Å². The first-order chi connectivity index (χ1) is 13.2. The van der Waals surface area contributed by atoms with Crippen LogP contribution in [-0.4, -0.2) is 50.9 Å². The molecular formula is C15H16N12. The van der Waals surface area contributed by atoms with Crippen LogP contribution in [0, 0.1) is 11.3 Å². The van der Waals surface area contributed by atoms with Crippen LogP contribution in [0.25, 0.3) is 5.95 Å². The van der Waals surface area contributed by atoms with E-state index < -0.39 is 0 Å². The fourth-order valence-electron chi connectivity index (χ4n) is 2.14. The molecule has 3 aromatic rings. The van der Waals surface area contributed by atoms with Gasteiger partial charge < -0.3 is 16.0 Å². The Morgan fingerprint density at radius 3 is 2.22 bits per heavy atom. The summed E-state index contributed by atoms with van der Waals surface area (Å²) in [6.07, 6.45) is 4.65. The van der Waals surface area contributed by atoms with Gasteiger partial charge in [0.05, 0.1) is 6.20 Å². The molecule has 3 N–H and O–H groups in total. The lowest BCUT2D eigenvalue weighted by atomic mass is 10.4. The SMILES string of the molecule is CNc1nc(NC)c(N=Nc2nn(-c3ncccn3)cc2C#N)c(NC)n1. The zero-order chi connectivity index (χ0) is 19.2. The van der Waals surface area contributed by atoms with E-state index in [1.165, 1.54) is 10.9 Å². The Morgan fingerprint density at radius 1 is 1.00 bits per heavy atom. The Labute approximate surface area is 154 Å². The maximum Gasteiger partial charge on any atom is 0.250 e. The number of nitriles is 1. The lowest BCUT2D eigenvalue weighted by Gasteiger charge is -2.10. The maximum absolute atomic E-state index is 9.34. The molecule has 3 rings (SSSR count). The summed E-state index contributed by atoms with van der Waals surface area (Å²) in [6.45, 7) is 0. The average Bonchev–Trinajstić information content (AvgIpc) is 3.15. The van der Waals surface area contributed by atoms with E-state index in [4.69, 9.17) is 0 Å². The third-order valence-electron chi connectivity index (χ3n) is 3.40. The molecule has 3 aromatic heterocycles. The molecule has 0 fully saturated rings. The molecule has 12 heteroatoms. The van der Waals surface area contributed by atoms with Crippen molar-refractivity contribution in [2.75, 3.05) is 37.1 Å². The van der Waals surface area contributed by atoms with Gasteiger partial charge in [-0.25, -0.2) is 14.6 Å². The number of anilines is 3. The van der Waals surface area contributed by atoms with Gasteiger partial charge in [-0.2, -0.15) is 15.2 Å². The van der Waals surface area contributed by atoms with Crippen molar-refractivity contribution in [3.63, 3.8) is 0 Å². The van der Waals surface area contributed by atoms with Crippen LogP contribution in [0.4, 0.5) is 29.1 Å². The highest BCUT2D eigenvalue weighted by Gasteiger charge is 2.14. The molecule has 0 radical (unpaired) electrons. The van der Waals surface area contributed by atoms with Crippen molar-refractivity contribution in [3.8, 4) is 12.0 Å². The summed E-state index contributed by atoms with van der Waals surface area (Å²) in [6, 6.07) is 3.72. The zero-order valence-electron chi connectivity index (χ0n) is 14.8. The molecule has 0 bridgehead atoms. The van der Waals surface area contributed by atoms with Gasteiger partial charge in [-0.3, -0.25) is 0 Å². The molecule has 0 aromatic carbocycles. The summed E-state index contributed by atoms with van der Waals surface area (Å²) in [7, 11) is 5.14. The molecule has 0 aliphatic carbocycles. The Morgan fingerprint density at radius 2 is 1.67 bits per heavy atom. The predicted octanol–water partition coefficient (Wildman–Crippen LogP) is 1.86. The number of nitrogens with zero attached hydrogens (tertiary/aromatic N) is 9. The minimum Gasteiger partial charge on any atom is -0.371 e. The van der Waals surface area contributed by atoms with Crippen LogP contribution in [0.2, 0.25) is 0 Å². The molecule has 0 atom stereocenters. The molecule has 0 saturated carbocycles. The minimum absolute atomic E-state index is 0.131. The number of azo groups is 1. The van der Waals surface area contributed by atoms with Gasteiger partial charge in [-0.15, -0.1) is 15.3 Å². The van der Waals surface area contributed by atoms with Crippen LogP contribution in [0.5, 0.6) is 0 Å². The van der Waals surface area contributed by atoms with E-state index >= 15 is 0 Å². The van der Waals surface area contributed by atoms with E-state index in [0.717, 1.165) is 0 Å². The zero-order valence-corrected chi connectivity index (χ0v) is 14.8. The predicted molar refractivity (Wildman–Crippen MR) is 98.7 cm³/mol. The van der Waals surface area contributed by atoms with Gasteiger partial charge in [0, 0.05) is 33.5 Å². The number of aromatic nitrogens is 6. The summed E-state index contributed by atoms with van der Waals surface area (Å²) in [5, 5.41) is 30.6. The topological polar surface area (TPSA) is 154 Å². The third-order valence-corrected chi connectivity index (χ3v) is 3.40. The molecule has 3 heterocycles. The summed E-state index contributed by atoms with van der Waals surface area (Å²) < 4.78 is 1.37.